The molecule has 2 amide bonds. The third kappa shape index (κ3) is 2.76. The van der Waals surface area contributed by atoms with Crippen molar-refractivity contribution in [1.29, 1.82) is 0 Å². The molecule has 4 N–H and O–H groups in total. The predicted octanol–water partition coefficient (Wildman–Crippen LogP) is 1.16. The molecule has 0 aliphatic rings. The topological polar surface area (TPSA) is 125 Å². The van der Waals surface area contributed by atoms with E-state index >= 15 is 0 Å². The third-order valence-electron chi connectivity index (χ3n) is 3.46. The molecule has 24 heavy (non-hydrogen) atoms. The number of rotatable bonds is 4. The number of nitrogens with two attached hydrogens (primary N) is 2. The molecule has 2 rings (SSSR count). The molecule has 1 heterocycles. The van der Waals surface area contributed by atoms with Gasteiger partial charge in [0.1, 0.15) is 22.1 Å². The van der Waals surface area contributed by atoms with Crippen LogP contribution >= 0.6 is 11.6 Å². The van der Waals surface area contributed by atoms with Gasteiger partial charge in [-0.1, -0.05) is 11.6 Å². The average Bonchev–Trinajstić information content (AvgIpc) is 2.69. The van der Waals surface area contributed by atoms with Crippen molar-refractivity contribution in [2.24, 2.45) is 18.5 Å². The quantitative estimate of drug-likeness (QED) is 0.833. The van der Waals surface area contributed by atoms with Crippen LogP contribution in [-0.4, -0.2) is 24.8 Å². The van der Waals surface area contributed by atoms with Crippen LogP contribution in [-0.2, 0) is 16.9 Å². The van der Waals surface area contributed by atoms with Crippen LogP contribution in [0.3, 0.4) is 0 Å². The van der Waals surface area contributed by atoms with Gasteiger partial charge in [0.25, 0.3) is 11.8 Å². The minimum atomic E-state index is -4.38. The molecule has 0 saturated heterocycles. The summed E-state index contributed by atoms with van der Waals surface area (Å²) in [6.07, 6.45) is 0. The van der Waals surface area contributed by atoms with Crippen LogP contribution in [0.1, 0.15) is 26.5 Å². The molecule has 0 saturated carbocycles. The van der Waals surface area contributed by atoms with Crippen LogP contribution < -0.4 is 11.5 Å². The number of benzene rings is 1. The number of hydrogen-bond acceptors (Lipinski definition) is 4. The van der Waals surface area contributed by atoms with Gasteiger partial charge in [0.2, 0.25) is 9.84 Å². The average molecular weight is 374 g/mol. The van der Waals surface area contributed by atoms with Crippen molar-refractivity contribution in [3.63, 3.8) is 0 Å². The van der Waals surface area contributed by atoms with Gasteiger partial charge in [0.05, 0.1) is 4.90 Å². The van der Waals surface area contributed by atoms with Gasteiger partial charge < -0.3 is 16.0 Å². The van der Waals surface area contributed by atoms with Crippen molar-refractivity contribution in [2.75, 3.05) is 0 Å². The Morgan fingerprint density at radius 3 is 2.12 bits per heavy atom. The molecule has 0 aliphatic carbocycles. The van der Waals surface area contributed by atoms with Crippen LogP contribution in [0.4, 0.5) is 4.39 Å². The number of amides is 2. The van der Waals surface area contributed by atoms with E-state index in [1.54, 1.807) is 0 Å². The number of halogens is 2. The lowest BCUT2D eigenvalue weighted by molar-refractivity contribution is 0.0986. The number of aromatic nitrogens is 1. The largest absolute Gasteiger partial charge is 0.364 e. The van der Waals surface area contributed by atoms with Gasteiger partial charge in [-0.3, -0.25) is 9.59 Å². The highest BCUT2D eigenvalue weighted by Crippen LogP contribution is 2.32. The Kier molecular flexibility index (Phi) is 4.42. The molecule has 10 heteroatoms. The van der Waals surface area contributed by atoms with Crippen molar-refractivity contribution in [3.8, 4) is 0 Å². The minimum absolute atomic E-state index is 0.0563. The van der Waals surface area contributed by atoms with Gasteiger partial charge in [0, 0.05) is 12.1 Å². The van der Waals surface area contributed by atoms with Gasteiger partial charge in [-0.25, -0.2) is 12.8 Å². The van der Waals surface area contributed by atoms with Gasteiger partial charge in [0.15, 0.2) is 0 Å². The fourth-order valence-corrected chi connectivity index (χ4v) is 4.62. The molecule has 0 radical (unpaired) electrons. The molecule has 128 valence electrons. The summed E-state index contributed by atoms with van der Waals surface area (Å²) in [5.41, 5.74) is 9.82. The summed E-state index contributed by atoms with van der Waals surface area (Å²) in [5, 5.41) is -0.141. The Balaban J connectivity index is 2.92. The molecule has 1 aromatic carbocycles. The number of hydrogen-bond donors (Lipinski definition) is 2. The summed E-state index contributed by atoms with van der Waals surface area (Å²) in [6, 6.07) is 2.71. The highest BCUT2D eigenvalue weighted by Gasteiger charge is 2.33. The smallest absolute Gasteiger partial charge is 0.266 e. The number of carbonyl (C=O) groups is 2. The van der Waals surface area contributed by atoms with E-state index < -0.39 is 43.0 Å². The third-order valence-corrected chi connectivity index (χ3v) is 5.58. The maximum atomic E-state index is 13.5. The van der Waals surface area contributed by atoms with Crippen molar-refractivity contribution in [2.45, 2.75) is 16.7 Å². The Bertz CT molecular complexity index is 962. The van der Waals surface area contributed by atoms with E-state index in [1.165, 1.54) is 14.0 Å². The standard InChI is InChI=1S/C14H13ClFN3O4S/c1-6-10(13(17)20)19(2)11(14(18)21)12(6)24(22,23)9-4-7(15)3-8(16)5-9/h3-5H,1-2H3,(H2,17,20)(H2,18,21). The van der Waals surface area contributed by atoms with Gasteiger partial charge in [-0.2, -0.15) is 0 Å². The molecule has 0 atom stereocenters. The van der Waals surface area contributed by atoms with Gasteiger partial charge in [-0.15, -0.1) is 0 Å². The van der Waals surface area contributed by atoms with E-state index in [0.717, 1.165) is 22.8 Å². The molecule has 2 aromatic rings. The first-order valence-corrected chi connectivity index (χ1v) is 8.34. The van der Waals surface area contributed by atoms with Crippen LogP contribution in [0.5, 0.6) is 0 Å². The Morgan fingerprint density at radius 1 is 1.12 bits per heavy atom. The lowest BCUT2D eigenvalue weighted by Crippen LogP contribution is -2.21. The van der Waals surface area contributed by atoms with Gasteiger partial charge in [-0.05, 0) is 30.7 Å². The van der Waals surface area contributed by atoms with E-state index in [0.29, 0.717) is 0 Å². The second kappa shape index (κ2) is 5.91. The van der Waals surface area contributed by atoms with E-state index in [2.05, 4.69) is 0 Å². The van der Waals surface area contributed by atoms with Crippen LogP contribution in [0.2, 0.25) is 5.02 Å². The first kappa shape index (κ1) is 18.0. The summed E-state index contributed by atoms with van der Waals surface area (Å²) in [6.45, 7) is 1.31. The molecule has 7 nitrogen and oxygen atoms in total. The molecule has 0 bridgehead atoms. The van der Waals surface area contributed by atoms with Gasteiger partial charge >= 0.3 is 0 Å². The van der Waals surface area contributed by atoms with E-state index in [1.807, 2.05) is 0 Å². The molecule has 0 unspecified atom stereocenters. The second-order valence-corrected chi connectivity index (χ2v) is 7.37. The molecule has 0 spiro atoms. The Morgan fingerprint density at radius 2 is 1.67 bits per heavy atom. The zero-order chi connectivity index (χ0) is 18.4. The number of primary amides is 2. The Hall–Kier alpha value is -2.39. The fraction of sp³-hybridized carbons (Fsp3) is 0.143. The van der Waals surface area contributed by atoms with Crippen molar-refractivity contribution < 1.29 is 22.4 Å². The maximum absolute atomic E-state index is 13.5. The first-order chi connectivity index (χ1) is 11.0. The lowest BCUT2D eigenvalue weighted by atomic mass is 10.2. The molecule has 0 fully saturated rings. The van der Waals surface area contributed by atoms with Crippen molar-refractivity contribution in [1.82, 2.24) is 4.57 Å². The summed E-state index contributed by atoms with van der Waals surface area (Å²) in [4.78, 5) is 22.3. The van der Waals surface area contributed by atoms with Crippen molar-refractivity contribution in [3.05, 3.63) is 46.0 Å². The fourth-order valence-electron chi connectivity index (χ4n) is 2.56. The molecular formula is C14H13ClFN3O4S. The first-order valence-electron chi connectivity index (χ1n) is 6.48. The summed E-state index contributed by atoms with van der Waals surface area (Å²) in [7, 11) is -3.10. The summed E-state index contributed by atoms with van der Waals surface area (Å²) in [5.74, 6) is -2.88. The number of sulfone groups is 1. The normalized spacial score (nSPS) is 11.5. The number of carbonyl (C=O) groups excluding carboxylic acids is 2. The zero-order valence-electron chi connectivity index (χ0n) is 12.6. The predicted molar refractivity (Wildman–Crippen MR) is 84.0 cm³/mol. The monoisotopic (exact) mass is 373 g/mol. The van der Waals surface area contributed by atoms with E-state index in [9.17, 15) is 22.4 Å². The van der Waals surface area contributed by atoms with Crippen LogP contribution in [0.15, 0.2) is 28.0 Å². The molecule has 1 aromatic heterocycles. The highest BCUT2D eigenvalue weighted by atomic mass is 35.5. The summed E-state index contributed by atoms with van der Waals surface area (Å²) >= 11 is 5.70. The minimum Gasteiger partial charge on any atom is -0.364 e. The molecule has 0 aliphatic heterocycles. The van der Waals surface area contributed by atoms with Crippen LogP contribution in [0.25, 0.3) is 0 Å². The maximum Gasteiger partial charge on any atom is 0.266 e. The van der Waals surface area contributed by atoms with Crippen LogP contribution in [0, 0.1) is 12.7 Å². The van der Waals surface area contributed by atoms with E-state index in [-0.39, 0.29) is 16.3 Å². The highest BCUT2D eigenvalue weighted by molar-refractivity contribution is 7.91. The van der Waals surface area contributed by atoms with Crippen molar-refractivity contribution >= 4 is 33.3 Å². The number of nitrogens with zero attached hydrogens (tertiary/aromatic N) is 1. The SMILES string of the molecule is Cc1c(S(=O)(=O)c2cc(F)cc(Cl)c2)c(C(N)=O)n(C)c1C(N)=O. The summed E-state index contributed by atoms with van der Waals surface area (Å²) < 4.78 is 40.3. The lowest BCUT2D eigenvalue weighted by Gasteiger charge is -2.08. The van der Waals surface area contributed by atoms with E-state index in [4.69, 9.17) is 23.1 Å². The molecular weight excluding hydrogens is 361 g/mol. The zero-order valence-corrected chi connectivity index (χ0v) is 14.2. The second-order valence-electron chi connectivity index (χ2n) is 5.05. The Labute approximate surface area is 141 Å².